The summed E-state index contributed by atoms with van der Waals surface area (Å²) in [7, 11) is 3.11. The number of nitrogens with zero attached hydrogens (tertiary/aromatic N) is 3. The Labute approximate surface area is 189 Å². The Hall–Kier alpha value is -2.59. The molecule has 0 radical (unpaired) electrons. The SMILES string of the molecule is Br.COc1ccc(N(CC(=O)c2cccc([N+](=O)[O-])c2)C2=NCCCS2)cc1OC. The first-order valence-corrected chi connectivity index (χ1v) is 9.96. The van der Waals surface area contributed by atoms with Crippen molar-refractivity contribution in [1.29, 1.82) is 0 Å². The van der Waals surface area contributed by atoms with Gasteiger partial charge in [0, 0.05) is 41.7 Å². The number of thioether (sulfide) groups is 1. The minimum atomic E-state index is -0.510. The van der Waals surface area contributed by atoms with Crippen LogP contribution in [-0.2, 0) is 0 Å². The van der Waals surface area contributed by atoms with E-state index in [-0.39, 0.29) is 40.6 Å². The minimum Gasteiger partial charge on any atom is -0.493 e. The fourth-order valence-corrected chi connectivity index (χ4v) is 3.87. The number of benzene rings is 2. The molecule has 0 aliphatic carbocycles. The molecular weight excluding hydrogens is 474 g/mol. The number of anilines is 1. The number of rotatable bonds is 7. The van der Waals surface area contributed by atoms with Crippen molar-refractivity contribution in [1.82, 2.24) is 0 Å². The maximum atomic E-state index is 12.9. The Kier molecular flexibility index (Phi) is 8.67. The van der Waals surface area contributed by atoms with E-state index in [1.165, 1.54) is 18.2 Å². The molecule has 10 heteroatoms. The standard InChI is InChI=1S/C20H21N3O5S.BrH/c1-27-18-8-7-15(12-19(18)28-2)22(20-21-9-4-10-29-20)13-17(24)14-5-3-6-16(11-14)23(25)26;/h3,5-8,11-12H,4,9-10,13H2,1-2H3;1H. The molecule has 1 aliphatic rings. The highest BCUT2D eigenvalue weighted by Gasteiger charge is 2.22. The van der Waals surface area contributed by atoms with Crippen molar-refractivity contribution < 1.29 is 19.2 Å². The van der Waals surface area contributed by atoms with E-state index in [1.54, 1.807) is 44.2 Å². The van der Waals surface area contributed by atoms with Gasteiger partial charge in [0.1, 0.15) is 0 Å². The summed E-state index contributed by atoms with van der Waals surface area (Å²) in [5, 5.41) is 11.8. The normalized spacial score (nSPS) is 12.9. The number of methoxy groups -OCH3 is 2. The van der Waals surface area contributed by atoms with Crippen LogP contribution in [0.2, 0.25) is 0 Å². The fraction of sp³-hybridized carbons (Fsp3) is 0.300. The smallest absolute Gasteiger partial charge is 0.270 e. The summed E-state index contributed by atoms with van der Waals surface area (Å²) in [6, 6.07) is 11.1. The third-order valence-electron chi connectivity index (χ3n) is 4.37. The number of Topliss-reactive ketones (excluding diaryl/α,β-unsaturated/α-hetero) is 1. The molecule has 0 saturated heterocycles. The average molecular weight is 496 g/mol. The van der Waals surface area contributed by atoms with Crippen LogP contribution in [0.4, 0.5) is 11.4 Å². The summed E-state index contributed by atoms with van der Waals surface area (Å²) in [6.45, 7) is 0.694. The van der Waals surface area contributed by atoms with E-state index in [2.05, 4.69) is 4.99 Å². The van der Waals surface area contributed by atoms with Gasteiger partial charge in [0.25, 0.3) is 5.69 Å². The van der Waals surface area contributed by atoms with Gasteiger partial charge in [0.15, 0.2) is 22.4 Å². The molecule has 3 rings (SSSR count). The molecule has 2 aromatic carbocycles. The summed E-state index contributed by atoms with van der Waals surface area (Å²) in [5.41, 5.74) is 0.901. The van der Waals surface area contributed by atoms with Gasteiger partial charge >= 0.3 is 0 Å². The highest BCUT2D eigenvalue weighted by atomic mass is 79.9. The maximum absolute atomic E-state index is 12.9. The molecule has 0 unspecified atom stereocenters. The number of nitro groups is 1. The molecule has 0 fully saturated rings. The second-order valence-electron chi connectivity index (χ2n) is 6.22. The number of ketones is 1. The third-order valence-corrected chi connectivity index (χ3v) is 5.47. The van der Waals surface area contributed by atoms with Gasteiger partial charge in [-0.2, -0.15) is 0 Å². The Bertz CT molecular complexity index is 954. The second-order valence-corrected chi connectivity index (χ2v) is 7.28. The third kappa shape index (κ3) is 5.51. The van der Waals surface area contributed by atoms with Crippen LogP contribution >= 0.6 is 28.7 Å². The van der Waals surface area contributed by atoms with Crippen molar-refractivity contribution in [3.05, 3.63) is 58.1 Å². The van der Waals surface area contributed by atoms with E-state index in [4.69, 9.17) is 9.47 Å². The number of amidine groups is 1. The van der Waals surface area contributed by atoms with Crippen molar-refractivity contribution in [2.75, 3.05) is 38.0 Å². The second kappa shape index (κ2) is 11.0. The Balaban J connectivity index is 0.00000320. The van der Waals surface area contributed by atoms with Crippen LogP contribution in [0, 0.1) is 10.1 Å². The lowest BCUT2D eigenvalue weighted by molar-refractivity contribution is -0.384. The molecule has 0 amide bonds. The van der Waals surface area contributed by atoms with Gasteiger partial charge in [-0.05, 0) is 18.6 Å². The Morgan fingerprint density at radius 3 is 2.60 bits per heavy atom. The van der Waals surface area contributed by atoms with Crippen molar-refractivity contribution in [2.45, 2.75) is 6.42 Å². The molecule has 0 N–H and O–H groups in total. The van der Waals surface area contributed by atoms with Crippen molar-refractivity contribution in [2.24, 2.45) is 4.99 Å². The first kappa shape index (κ1) is 23.7. The van der Waals surface area contributed by atoms with Crippen LogP contribution in [0.1, 0.15) is 16.8 Å². The van der Waals surface area contributed by atoms with Gasteiger partial charge in [-0.1, -0.05) is 23.9 Å². The molecule has 30 heavy (non-hydrogen) atoms. The number of hydrogen-bond acceptors (Lipinski definition) is 8. The monoisotopic (exact) mass is 495 g/mol. The number of nitro benzene ring substituents is 1. The van der Waals surface area contributed by atoms with Crippen molar-refractivity contribution in [3.8, 4) is 11.5 Å². The van der Waals surface area contributed by atoms with Crippen molar-refractivity contribution >= 4 is 51.1 Å². The van der Waals surface area contributed by atoms with Crippen LogP contribution in [0.25, 0.3) is 0 Å². The quantitative estimate of drug-likeness (QED) is 0.319. The van der Waals surface area contributed by atoms with Crippen LogP contribution < -0.4 is 14.4 Å². The van der Waals surface area contributed by atoms with Gasteiger partial charge in [0.05, 0.1) is 25.7 Å². The summed E-state index contributed by atoms with van der Waals surface area (Å²) in [5.74, 6) is 1.80. The lowest BCUT2D eigenvalue weighted by atomic mass is 10.1. The maximum Gasteiger partial charge on any atom is 0.270 e. The molecule has 1 aliphatic heterocycles. The van der Waals surface area contributed by atoms with Crippen LogP contribution in [0.15, 0.2) is 47.5 Å². The Morgan fingerprint density at radius 1 is 1.20 bits per heavy atom. The van der Waals surface area contributed by atoms with Crippen LogP contribution in [0.3, 0.4) is 0 Å². The molecule has 0 saturated carbocycles. The molecule has 160 valence electrons. The van der Waals surface area contributed by atoms with E-state index < -0.39 is 4.92 Å². The van der Waals surface area contributed by atoms with Crippen molar-refractivity contribution in [3.63, 3.8) is 0 Å². The largest absolute Gasteiger partial charge is 0.493 e. The summed E-state index contributed by atoms with van der Waals surface area (Å²) in [6.07, 6.45) is 0.979. The van der Waals surface area contributed by atoms with Crippen LogP contribution in [-0.4, -0.2) is 48.9 Å². The zero-order valence-electron chi connectivity index (χ0n) is 16.6. The first-order chi connectivity index (χ1) is 14.0. The van der Waals surface area contributed by atoms with Gasteiger partial charge in [-0.25, -0.2) is 0 Å². The van der Waals surface area contributed by atoms with Crippen LogP contribution in [0.5, 0.6) is 11.5 Å². The predicted molar refractivity (Wildman–Crippen MR) is 124 cm³/mol. The number of aliphatic imine (C=N–C) groups is 1. The predicted octanol–water partition coefficient (Wildman–Crippen LogP) is 4.37. The van der Waals surface area contributed by atoms with E-state index in [0.29, 0.717) is 18.0 Å². The molecule has 8 nitrogen and oxygen atoms in total. The average Bonchev–Trinajstić information content (AvgIpc) is 2.77. The molecule has 1 heterocycles. The zero-order valence-corrected chi connectivity index (χ0v) is 19.1. The highest BCUT2D eigenvalue weighted by molar-refractivity contribution is 8.93. The Morgan fingerprint density at radius 2 is 1.97 bits per heavy atom. The highest BCUT2D eigenvalue weighted by Crippen LogP contribution is 2.33. The summed E-state index contributed by atoms with van der Waals surface area (Å²) < 4.78 is 10.7. The lowest BCUT2D eigenvalue weighted by Gasteiger charge is -2.27. The number of non-ortho nitro benzene ring substituents is 1. The molecular formula is C20H22BrN3O5S. The molecule has 0 bridgehead atoms. The number of ether oxygens (including phenoxy) is 2. The van der Waals surface area contributed by atoms with E-state index in [1.807, 2.05) is 11.0 Å². The van der Waals surface area contributed by atoms with E-state index >= 15 is 0 Å². The molecule has 0 aromatic heterocycles. The lowest BCUT2D eigenvalue weighted by Crippen LogP contribution is -2.35. The van der Waals surface area contributed by atoms with E-state index in [9.17, 15) is 14.9 Å². The molecule has 2 aromatic rings. The van der Waals surface area contributed by atoms with Gasteiger partial charge in [-0.3, -0.25) is 19.9 Å². The van der Waals surface area contributed by atoms with Gasteiger partial charge in [0.2, 0.25) is 0 Å². The van der Waals surface area contributed by atoms with E-state index in [0.717, 1.165) is 23.0 Å². The number of carbonyl (C=O) groups excluding carboxylic acids is 1. The topological polar surface area (TPSA) is 94.3 Å². The fourth-order valence-electron chi connectivity index (χ4n) is 2.90. The summed E-state index contributed by atoms with van der Waals surface area (Å²) in [4.78, 5) is 29.8. The molecule has 0 spiro atoms. The minimum absolute atomic E-state index is 0. The number of carbonyl (C=O) groups is 1. The van der Waals surface area contributed by atoms with Gasteiger partial charge in [-0.15, -0.1) is 17.0 Å². The summed E-state index contributed by atoms with van der Waals surface area (Å²) >= 11 is 1.58. The number of hydrogen-bond donors (Lipinski definition) is 0. The zero-order chi connectivity index (χ0) is 20.8. The van der Waals surface area contributed by atoms with Gasteiger partial charge < -0.3 is 14.4 Å². The molecule has 0 atom stereocenters. The number of halogens is 1. The first-order valence-electron chi connectivity index (χ1n) is 8.98.